The van der Waals surface area contributed by atoms with Gasteiger partial charge >= 0.3 is 0 Å². The minimum atomic E-state index is -0.741. The van der Waals surface area contributed by atoms with Crippen LogP contribution in [-0.4, -0.2) is 55.1 Å². The molecule has 3 N–H and O–H groups in total. The van der Waals surface area contributed by atoms with Gasteiger partial charge in [0.1, 0.15) is 6.73 Å². The topological polar surface area (TPSA) is 92.3 Å². The number of carbonyl (C=O) groups is 1. The maximum Gasteiger partial charge on any atom is 0.262 e. The number of amidine groups is 1. The number of hydrogen-bond donors (Lipinski definition) is 2. The molecule has 0 aliphatic carbocycles. The van der Waals surface area contributed by atoms with Crippen LogP contribution in [0, 0.1) is 0 Å². The van der Waals surface area contributed by atoms with Gasteiger partial charge in [-0.25, -0.2) is 9.98 Å². The first-order valence-corrected chi connectivity index (χ1v) is 7.28. The molecular weight excluding hydrogens is 270 g/mol. The number of nitrogens with zero attached hydrogens (tertiary/aromatic N) is 3. The number of nitrogens with two attached hydrogens (primary N) is 1. The summed E-state index contributed by atoms with van der Waals surface area (Å²) in [6, 6.07) is 0. The van der Waals surface area contributed by atoms with E-state index in [-0.39, 0.29) is 18.7 Å². The number of aliphatic imine (C=N–C) groups is 2. The normalized spacial score (nSPS) is 21.4. The second-order valence-electron chi connectivity index (χ2n) is 5.32. The van der Waals surface area contributed by atoms with Gasteiger partial charge in [-0.05, 0) is 26.8 Å². The molecule has 1 unspecified atom stereocenters. The number of fused-ring (bicyclic) bond motifs is 1. The molecule has 0 aromatic rings. The van der Waals surface area contributed by atoms with Gasteiger partial charge in [-0.3, -0.25) is 15.4 Å². The first-order chi connectivity index (χ1) is 10.0. The van der Waals surface area contributed by atoms with Crippen LogP contribution in [0.3, 0.4) is 0 Å². The summed E-state index contributed by atoms with van der Waals surface area (Å²) in [5.41, 5.74) is 7.29. The summed E-state index contributed by atoms with van der Waals surface area (Å²) >= 11 is 0. The summed E-state index contributed by atoms with van der Waals surface area (Å²) in [6.45, 7) is 7.54. The van der Waals surface area contributed by atoms with Gasteiger partial charge in [-0.15, -0.1) is 0 Å². The summed E-state index contributed by atoms with van der Waals surface area (Å²) in [5, 5.41) is 3.27. The zero-order chi connectivity index (χ0) is 15.4. The average molecular weight is 293 g/mol. The van der Waals surface area contributed by atoms with Gasteiger partial charge in [-0.2, -0.15) is 0 Å². The van der Waals surface area contributed by atoms with Crippen LogP contribution in [0.4, 0.5) is 0 Å². The van der Waals surface area contributed by atoms with Crippen molar-refractivity contribution in [2.45, 2.75) is 39.6 Å². The van der Waals surface area contributed by atoms with Crippen LogP contribution in [0.2, 0.25) is 0 Å². The molecule has 2 aliphatic heterocycles. The van der Waals surface area contributed by atoms with Crippen molar-refractivity contribution in [1.82, 2.24) is 10.2 Å². The summed E-state index contributed by atoms with van der Waals surface area (Å²) in [6.07, 6.45) is 2.01. The van der Waals surface area contributed by atoms with Crippen LogP contribution in [0.5, 0.6) is 0 Å². The highest BCUT2D eigenvalue weighted by atomic mass is 16.5. The third-order valence-corrected chi connectivity index (χ3v) is 3.23. The quantitative estimate of drug-likeness (QED) is 0.657. The Labute approximate surface area is 124 Å². The van der Waals surface area contributed by atoms with E-state index in [1.165, 1.54) is 4.90 Å². The van der Waals surface area contributed by atoms with Crippen LogP contribution in [0.15, 0.2) is 21.1 Å². The van der Waals surface area contributed by atoms with Crippen LogP contribution in [-0.2, 0) is 9.53 Å². The van der Waals surface area contributed by atoms with Crippen molar-refractivity contribution in [3.63, 3.8) is 0 Å². The highest BCUT2D eigenvalue weighted by molar-refractivity contribution is 6.30. The first kappa shape index (κ1) is 15.8. The summed E-state index contributed by atoms with van der Waals surface area (Å²) in [4.78, 5) is 22.5. The SMILES string of the molecule is CCCNCC1=C2C(=O)N(COC(C)C)C(N)N=C2N=C1. The molecule has 116 valence electrons. The van der Waals surface area contributed by atoms with Crippen molar-refractivity contribution in [3.05, 3.63) is 11.1 Å². The Morgan fingerprint density at radius 2 is 2.29 bits per heavy atom. The van der Waals surface area contributed by atoms with Gasteiger partial charge in [0.05, 0.1) is 11.7 Å². The molecule has 0 aromatic carbocycles. The largest absolute Gasteiger partial charge is 0.358 e. The van der Waals surface area contributed by atoms with E-state index < -0.39 is 6.29 Å². The molecule has 0 saturated heterocycles. The van der Waals surface area contributed by atoms with Crippen LogP contribution >= 0.6 is 0 Å². The van der Waals surface area contributed by atoms with E-state index in [4.69, 9.17) is 10.5 Å². The maximum atomic E-state index is 12.6. The molecule has 1 amide bonds. The predicted octanol–water partition coefficient (Wildman–Crippen LogP) is 0.233. The van der Waals surface area contributed by atoms with Gasteiger partial charge in [0.15, 0.2) is 12.1 Å². The molecule has 7 nitrogen and oxygen atoms in total. The van der Waals surface area contributed by atoms with Crippen LogP contribution in [0.25, 0.3) is 0 Å². The van der Waals surface area contributed by atoms with Crippen LogP contribution < -0.4 is 11.1 Å². The lowest BCUT2D eigenvalue weighted by Crippen LogP contribution is -2.51. The van der Waals surface area contributed by atoms with Gasteiger partial charge < -0.3 is 10.1 Å². The van der Waals surface area contributed by atoms with E-state index in [0.29, 0.717) is 18.0 Å². The Bertz CT molecular complexity index is 496. The molecule has 2 rings (SSSR count). The van der Waals surface area contributed by atoms with E-state index in [1.54, 1.807) is 6.21 Å². The van der Waals surface area contributed by atoms with Crippen molar-refractivity contribution in [2.75, 3.05) is 19.8 Å². The van der Waals surface area contributed by atoms with Gasteiger partial charge in [-0.1, -0.05) is 6.92 Å². The Morgan fingerprint density at radius 3 is 2.95 bits per heavy atom. The van der Waals surface area contributed by atoms with E-state index in [2.05, 4.69) is 22.2 Å². The fourth-order valence-electron chi connectivity index (χ4n) is 2.10. The fourth-order valence-corrected chi connectivity index (χ4v) is 2.10. The molecule has 0 spiro atoms. The summed E-state index contributed by atoms with van der Waals surface area (Å²) in [5.74, 6) is 0.264. The Hall–Kier alpha value is -1.57. The standard InChI is InChI=1S/C14H23N5O2/c1-4-5-16-6-10-7-17-12-11(10)13(20)19(14(15)18-12)8-21-9(2)3/h7,9,14,16H,4-6,8,15H2,1-3H3. The third-order valence-electron chi connectivity index (χ3n) is 3.23. The number of carbonyl (C=O) groups excluding carboxylic acids is 1. The van der Waals surface area contributed by atoms with Gasteiger partial charge in [0.2, 0.25) is 0 Å². The monoisotopic (exact) mass is 293 g/mol. The zero-order valence-corrected chi connectivity index (χ0v) is 12.8. The average Bonchev–Trinajstić information content (AvgIpc) is 2.81. The minimum absolute atomic E-state index is 0.0230. The van der Waals surface area contributed by atoms with Gasteiger partial charge in [0, 0.05) is 18.3 Å². The molecule has 0 aromatic heterocycles. The van der Waals surface area contributed by atoms with E-state index in [0.717, 1.165) is 18.5 Å². The Balaban J connectivity index is 2.15. The smallest absolute Gasteiger partial charge is 0.262 e. The molecule has 1 atom stereocenters. The number of rotatable bonds is 7. The Kier molecular flexibility index (Phi) is 5.22. The maximum absolute atomic E-state index is 12.6. The molecular formula is C14H23N5O2. The van der Waals surface area contributed by atoms with Crippen molar-refractivity contribution in [1.29, 1.82) is 0 Å². The van der Waals surface area contributed by atoms with Crippen molar-refractivity contribution >= 4 is 18.0 Å². The lowest BCUT2D eigenvalue weighted by Gasteiger charge is -2.31. The lowest BCUT2D eigenvalue weighted by molar-refractivity contribution is -0.137. The number of hydrogen-bond acceptors (Lipinski definition) is 6. The lowest BCUT2D eigenvalue weighted by atomic mass is 10.1. The van der Waals surface area contributed by atoms with E-state index >= 15 is 0 Å². The first-order valence-electron chi connectivity index (χ1n) is 7.28. The highest BCUT2D eigenvalue weighted by Crippen LogP contribution is 2.22. The van der Waals surface area contributed by atoms with E-state index in [9.17, 15) is 4.79 Å². The molecule has 0 fully saturated rings. The molecule has 0 bridgehead atoms. The fraction of sp³-hybridized carbons (Fsp3) is 0.643. The van der Waals surface area contributed by atoms with Crippen molar-refractivity contribution in [2.24, 2.45) is 15.7 Å². The van der Waals surface area contributed by atoms with Gasteiger partial charge in [0.25, 0.3) is 5.91 Å². The number of nitrogens with one attached hydrogen (secondary N) is 1. The van der Waals surface area contributed by atoms with Crippen molar-refractivity contribution < 1.29 is 9.53 Å². The van der Waals surface area contributed by atoms with Crippen molar-refractivity contribution in [3.8, 4) is 0 Å². The minimum Gasteiger partial charge on any atom is -0.358 e. The molecule has 7 heteroatoms. The second kappa shape index (κ2) is 6.93. The number of amides is 1. The van der Waals surface area contributed by atoms with Crippen LogP contribution in [0.1, 0.15) is 27.2 Å². The summed E-state index contributed by atoms with van der Waals surface area (Å²) in [7, 11) is 0. The highest BCUT2D eigenvalue weighted by Gasteiger charge is 2.35. The second-order valence-corrected chi connectivity index (χ2v) is 5.32. The van der Waals surface area contributed by atoms with E-state index in [1.807, 2.05) is 13.8 Å². The molecule has 0 radical (unpaired) electrons. The molecule has 2 aliphatic rings. The molecule has 0 saturated carbocycles. The third kappa shape index (κ3) is 3.55. The molecule has 2 heterocycles. The molecule has 21 heavy (non-hydrogen) atoms. The Morgan fingerprint density at radius 1 is 1.52 bits per heavy atom. The number of ether oxygens (including phenoxy) is 1. The predicted molar refractivity (Wildman–Crippen MR) is 82.0 cm³/mol. The summed E-state index contributed by atoms with van der Waals surface area (Å²) < 4.78 is 5.48. The zero-order valence-electron chi connectivity index (χ0n) is 12.8.